The largest absolute Gasteiger partial charge is 0.394 e. The summed E-state index contributed by atoms with van der Waals surface area (Å²) in [6.45, 7) is 4.13. The Kier molecular flexibility index (Phi) is 5.99. The molecule has 0 saturated heterocycles. The third-order valence-electron chi connectivity index (χ3n) is 3.92. The minimum absolute atomic E-state index is 0.0806. The molecule has 106 valence electrons. The first-order valence-electron chi connectivity index (χ1n) is 6.80. The van der Waals surface area contributed by atoms with E-state index in [1.807, 2.05) is 44.2 Å². The fourth-order valence-corrected chi connectivity index (χ4v) is 2.18. The fraction of sp³-hybridized carbons (Fsp3) is 0.533. The molecule has 19 heavy (non-hydrogen) atoms. The van der Waals surface area contributed by atoms with Crippen molar-refractivity contribution in [1.82, 2.24) is 5.32 Å². The Morgan fingerprint density at radius 2 is 1.89 bits per heavy atom. The SMILES string of the molecule is CCC(CC)(CN)C(=O)N[C@@H](CO)c1ccccc1. The van der Waals surface area contributed by atoms with Crippen LogP contribution < -0.4 is 11.1 Å². The van der Waals surface area contributed by atoms with Crippen LogP contribution in [0.4, 0.5) is 0 Å². The number of hydrogen-bond donors (Lipinski definition) is 3. The molecule has 1 amide bonds. The van der Waals surface area contributed by atoms with Crippen molar-refractivity contribution >= 4 is 5.91 Å². The van der Waals surface area contributed by atoms with E-state index in [-0.39, 0.29) is 18.6 Å². The highest BCUT2D eigenvalue weighted by Crippen LogP contribution is 2.26. The van der Waals surface area contributed by atoms with Crippen molar-refractivity contribution < 1.29 is 9.90 Å². The Labute approximate surface area is 115 Å². The van der Waals surface area contributed by atoms with Crippen LogP contribution in [0.3, 0.4) is 0 Å². The number of nitrogens with one attached hydrogen (secondary N) is 1. The lowest BCUT2D eigenvalue weighted by molar-refractivity contribution is -0.132. The molecule has 0 bridgehead atoms. The van der Waals surface area contributed by atoms with E-state index >= 15 is 0 Å². The molecule has 0 radical (unpaired) electrons. The maximum atomic E-state index is 12.4. The van der Waals surface area contributed by atoms with Crippen molar-refractivity contribution in [3.8, 4) is 0 Å². The smallest absolute Gasteiger partial charge is 0.228 e. The molecule has 0 saturated carbocycles. The molecule has 4 heteroatoms. The second kappa shape index (κ2) is 7.26. The predicted octanol–water partition coefficient (Wildman–Crippen LogP) is 1.60. The van der Waals surface area contributed by atoms with Crippen molar-refractivity contribution in [2.45, 2.75) is 32.7 Å². The van der Waals surface area contributed by atoms with Crippen LogP contribution in [-0.4, -0.2) is 24.2 Å². The van der Waals surface area contributed by atoms with Crippen LogP contribution in [0, 0.1) is 5.41 Å². The minimum Gasteiger partial charge on any atom is -0.394 e. The first kappa shape index (κ1) is 15.7. The molecule has 4 nitrogen and oxygen atoms in total. The third kappa shape index (κ3) is 3.55. The Bertz CT molecular complexity index is 380. The monoisotopic (exact) mass is 264 g/mol. The van der Waals surface area contributed by atoms with Crippen molar-refractivity contribution in [3.05, 3.63) is 35.9 Å². The summed E-state index contributed by atoms with van der Waals surface area (Å²) in [5, 5.41) is 12.4. The zero-order valence-corrected chi connectivity index (χ0v) is 11.7. The van der Waals surface area contributed by atoms with E-state index in [0.717, 1.165) is 5.56 Å². The molecule has 0 aliphatic carbocycles. The highest BCUT2D eigenvalue weighted by Gasteiger charge is 2.34. The van der Waals surface area contributed by atoms with Gasteiger partial charge >= 0.3 is 0 Å². The van der Waals surface area contributed by atoms with Gasteiger partial charge in [0.1, 0.15) is 0 Å². The number of carbonyl (C=O) groups excluding carboxylic acids is 1. The molecule has 1 aromatic rings. The van der Waals surface area contributed by atoms with Crippen LogP contribution in [0.5, 0.6) is 0 Å². The molecule has 0 spiro atoms. The summed E-state index contributed by atoms with van der Waals surface area (Å²) >= 11 is 0. The number of rotatable bonds is 7. The molecular formula is C15H24N2O2. The van der Waals surface area contributed by atoms with E-state index < -0.39 is 5.41 Å². The first-order chi connectivity index (χ1) is 9.13. The zero-order chi connectivity index (χ0) is 14.3. The lowest BCUT2D eigenvalue weighted by atomic mass is 9.81. The summed E-state index contributed by atoms with van der Waals surface area (Å²) in [7, 11) is 0. The molecule has 0 aromatic heterocycles. The van der Waals surface area contributed by atoms with Crippen LogP contribution in [0.15, 0.2) is 30.3 Å². The number of carbonyl (C=O) groups is 1. The van der Waals surface area contributed by atoms with E-state index in [4.69, 9.17) is 5.73 Å². The van der Waals surface area contributed by atoms with Crippen LogP contribution >= 0.6 is 0 Å². The Morgan fingerprint density at radius 1 is 1.32 bits per heavy atom. The third-order valence-corrected chi connectivity index (χ3v) is 3.92. The number of nitrogens with two attached hydrogens (primary N) is 1. The Morgan fingerprint density at radius 3 is 2.32 bits per heavy atom. The number of amides is 1. The van der Waals surface area contributed by atoms with Gasteiger partial charge in [-0.1, -0.05) is 44.2 Å². The van der Waals surface area contributed by atoms with Crippen molar-refractivity contribution in [1.29, 1.82) is 0 Å². The van der Waals surface area contributed by atoms with Gasteiger partial charge in [-0.25, -0.2) is 0 Å². The summed E-state index contributed by atoms with van der Waals surface area (Å²) < 4.78 is 0. The zero-order valence-electron chi connectivity index (χ0n) is 11.7. The van der Waals surface area contributed by atoms with Gasteiger partial charge in [-0.15, -0.1) is 0 Å². The summed E-state index contributed by atoms with van der Waals surface area (Å²) in [4.78, 5) is 12.4. The van der Waals surface area contributed by atoms with Crippen molar-refractivity contribution in [2.24, 2.45) is 11.1 Å². The molecule has 0 aliphatic rings. The van der Waals surface area contributed by atoms with Gasteiger partial charge in [-0.2, -0.15) is 0 Å². The lowest BCUT2D eigenvalue weighted by Gasteiger charge is -2.30. The van der Waals surface area contributed by atoms with E-state index in [2.05, 4.69) is 5.32 Å². The van der Waals surface area contributed by atoms with Crippen LogP contribution in [0.1, 0.15) is 38.3 Å². The molecular weight excluding hydrogens is 240 g/mol. The highest BCUT2D eigenvalue weighted by molar-refractivity contribution is 5.83. The lowest BCUT2D eigenvalue weighted by Crippen LogP contribution is -2.47. The van der Waals surface area contributed by atoms with Crippen LogP contribution in [-0.2, 0) is 4.79 Å². The van der Waals surface area contributed by atoms with Crippen LogP contribution in [0.25, 0.3) is 0 Å². The fourth-order valence-electron chi connectivity index (χ4n) is 2.18. The average Bonchev–Trinajstić information content (AvgIpc) is 2.48. The Hall–Kier alpha value is -1.39. The van der Waals surface area contributed by atoms with E-state index in [1.165, 1.54) is 0 Å². The average molecular weight is 264 g/mol. The van der Waals surface area contributed by atoms with Crippen LogP contribution in [0.2, 0.25) is 0 Å². The number of aliphatic hydroxyl groups is 1. The molecule has 1 atom stereocenters. The predicted molar refractivity (Wildman–Crippen MR) is 76.5 cm³/mol. The number of hydrogen-bond acceptors (Lipinski definition) is 3. The second-order valence-corrected chi connectivity index (χ2v) is 4.81. The number of benzene rings is 1. The first-order valence-corrected chi connectivity index (χ1v) is 6.80. The van der Waals surface area contributed by atoms with Gasteiger partial charge in [0, 0.05) is 6.54 Å². The van der Waals surface area contributed by atoms with Crippen molar-refractivity contribution in [3.63, 3.8) is 0 Å². The van der Waals surface area contributed by atoms with Gasteiger partial charge in [0.2, 0.25) is 5.91 Å². The molecule has 0 fully saturated rings. The van der Waals surface area contributed by atoms with E-state index in [1.54, 1.807) is 0 Å². The molecule has 0 unspecified atom stereocenters. The standard InChI is InChI=1S/C15H24N2O2/c1-3-15(4-2,11-16)14(19)17-13(10-18)12-8-6-5-7-9-12/h5-9,13,18H,3-4,10-11,16H2,1-2H3,(H,17,19)/t13-/m0/s1. The Balaban J connectivity index is 2.84. The van der Waals surface area contributed by atoms with Crippen molar-refractivity contribution in [2.75, 3.05) is 13.2 Å². The van der Waals surface area contributed by atoms with Gasteiger partial charge < -0.3 is 16.2 Å². The summed E-state index contributed by atoms with van der Waals surface area (Å²) in [6.07, 6.45) is 1.39. The van der Waals surface area contributed by atoms with E-state index in [0.29, 0.717) is 19.4 Å². The summed E-state index contributed by atoms with van der Waals surface area (Å²) in [6, 6.07) is 9.09. The van der Waals surface area contributed by atoms with Gasteiger partial charge in [0.25, 0.3) is 0 Å². The van der Waals surface area contributed by atoms with E-state index in [9.17, 15) is 9.90 Å². The number of aliphatic hydroxyl groups excluding tert-OH is 1. The normalized spacial score (nSPS) is 13.1. The van der Waals surface area contributed by atoms with Gasteiger partial charge in [-0.05, 0) is 18.4 Å². The summed E-state index contributed by atoms with van der Waals surface area (Å²) in [5.41, 5.74) is 6.12. The molecule has 0 heterocycles. The molecule has 0 aliphatic heterocycles. The highest BCUT2D eigenvalue weighted by atomic mass is 16.3. The molecule has 1 rings (SSSR count). The topological polar surface area (TPSA) is 75.4 Å². The molecule has 4 N–H and O–H groups in total. The summed E-state index contributed by atoms with van der Waals surface area (Å²) in [5.74, 6) is -0.0806. The maximum Gasteiger partial charge on any atom is 0.228 e. The molecule has 1 aromatic carbocycles. The van der Waals surface area contributed by atoms with Gasteiger partial charge in [0.05, 0.1) is 18.1 Å². The van der Waals surface area contributed by atoms with Gasteiger partial charge in [-0.3, -0.25) is 4.79 Å². The van der Waals surface area contributed by atoms with Gasteiger partial charge in [0.15, 0.2) is 0 Å². The quantitative estimate of drug-likeness (QED) is 0.700. The second-order valence-electron chi connectivity index (χ2n) is 4.81. The minimum atomic E-state index is -0.539. The maximum absolute atomic E-state index is 12.4.